The third kappa shape index (κ3) is 2.57. The average molecular weight is 271 g/mol. The normalized spacial score (nSPS) is 11.6. The minimum atomic E-state index is -0.446. The summed E-state index contributed by atoms with van der Waals surface area (Å²) in [6, 6.07) is 2.89. The molecule has 2 rings (SSSR count). The summed E-state index contributed by atoms with van der Waals surface area (Å²) >= 11 is 5.72. The minimum Gasteiger partial charge on any atom is -0.369 e. The second-order valence-electron chi connectivity index (χ2n) is 4.53. The molecular formula is C12H16ClFN4. The van der Waals surface area contributed by atoms with Crippen LogP contribution in [0.3, 0.4) is 0 Å². The Kier molecular flexibility index (Phi) is 3.73. The van der Waals surface area contributed by atoms with Crippen molar-refractivity contribution in [3.63, 3.8) is 0 Å². The van der Waals surface area contributed by atoms with E-state index in [1.54, 1.807) is 0 Å². The molecule has 2 N–H and O–H groups in total. The summed E-state index contributed by atoms with van der Waals surface area (Å²) in [5.41, 5.74) is 7.16. The van der Waals surface area contributed by atoms with E-state index in [9.17, 15) is 4.39 Å². The van der Waals surface area contributed by atoms with Gasteiger partial charge in [0.25, 0.3) is 0 Å². The van der Waals surface area contributed by atoms with Crippen LogP contribution < -0.4 is 5.73 Å². The van der Waals surface area contributed by atoms with Crippen molar-refractivity contribution in [2.24, 2.45) is 0 Å². The van der Waals surface area contributed by atoms with Gasteiger partial charge in [-0.25, -0.2) is 9.37 Å². The number of hydrogen-bond donors (Lipinski definition) is 1. The highest BCUT2D eigenvalue weighted by atomic mass is 35.5. The number of hydrogen-bond acceptors (Lipinski definition) is 3. The monoisotopic (exact) mass is 270 g/mol. The summed E-state index contributed by atoms with van der Waals surface area (Å²) in [7, 11) is 4.02. The van der Waals surface area contributed by atoms with Gasteiger partial charge < -0.3 is 15.2 Å². The number of nitrogens with zero attached hydrogens (tertiary/aromatic N) is 3. The van der Waals surface area contributed by atoms with Gasteiger partial charge in [0.05, 0.1) is 16.1 Å². The molecule has 6 heteroatoms. The smallest absolute Gasteiger partial charge is 0.201 e. The Morgan fingerprint density at radius 2 is 2.17 bits per heavy atom. The van der Waals surface area contributed by atoms with E-state index in [-0.39, 0.29) is 5.02 Å². The van der Waals surface area contributed by atoms with Crippen LogP contribution in [-0.2, 0) is 6.54 Å². The van der Waals surface area contributed by atoms with Crippen LogP contribution >= 0.6 is 11.6 Å². The van der Waals surface area contributed by atoms with Crippen LogP contribution in [0, 0.1) is 5.82 Å². The van der Waals surface area contributed by atoms with Crippen molar-refractivity contribution >= 4 is 28.6 Å². The van der Waals surface area contributed by atoms with Crippen LogP contribution in [0.2, 0.25) is 5.02 Å². The highest BCUT2D eigenvalue weighted by Gasteiger charge is 2.11. The molecule has 1 aromatic carbocycles. The SMILES string of the molecule is CN(C)CCCn1c(N)nc2cc(Cl)c(F)cc21. The van der Waals surface area contributed by atoms with Gasteiger partial charge in [0.2, 0.25) is 5.95 Å². The van der Waals surface area contributed by atoms with Gasteiger partial charge in [0.1, 0.15) is 5.82 Å². The van der Waals surface area contributed by atoms with Crippen molar-refractivity contribution in [1.29, 1.82) is 0 Å². The number of halogens is 2. The lowest BCUT2D eigenvalue weighted by molar-refractivity contribution is 0.388. The first-order chi connectivity index (χ1) is 8.49. The Labute approximate surface area is 110 Å². The van der Waals surface area contributed by atoms with Crippen LogP contribution in [-0.4, -0.2) is 35.1 Å². The zero-order chi connectivity index (χ0) is 13.3. The van der Waals surface area contributed by atoms with Gasteiger partial charge in [-0.1, -0.05) is 11.6 Å². The minimum absolute atomic E-state index is 0.0699. The molecule has 98 valence electrons. The van der Waals surface area contributed by atoms with Crippen molar-refractivity contribution < 1.29 is 4.39 Å². The zero-order valence-electron chi connectivity index (χ0n) is 10.5. The fraction of sp³-hybridized carbons (Fsp3) is 0.417. The maximum absolute atomic E-state index is 13.5. The Morgan fingerprint density at radius 3 is 2.83 bits per heavy atom. The molecule has 0 radical (unpaired) electrons. The molecule has 1 heterocycles. The topological polar surface area (TPSA) is 47.1 Å². The van der Waals surface area contributed by atoms with E-state index >= 15 is 0 Å². The summed E-state index contributed by atoms with van der Waals surface area (Å²) in [5, 5.41) is 0.0699. The number of fused-ring (bicyclic) bond motifs is 1. The Bertz CT molecular complexity index is 565. The number of nitrogen functional groups attached to an aromatic ring is 1. The van der Waals surface area contributed by atoms with Gasteiger partial charge in [-0.3, -0.25) is 0 Å². The largest absolute Gasteiger partial charge is 0.369 e. The molecule has 0 amide bonds. The van der Waals surface area contributed by atoms with Gasteiger partial charge in [-0.05, 0) is 33.1 Å². The van der Waals surface area contributed by atoms with E-state index < -0.39 is 5.82 Å². The molecule has 18 heavy (non-hydrogen) atoms. The maximum atomic E-state index is 13.5. The summed E-state index contributed by atoms with van der Waals surface area (Å²) in [5.74, 6) is -0.0525. The lowest BCUT2D eigenvalue weighted by Crippen LogP contribution is -2.15. The lowest BCUT2D eigenvalue weighted by Gasteiger charge is -2.11. The number of imidazole rings is 1. The Morgan fingerprint density at radius 1 is 1.44 bits per heavy atom. The number of rotatable bonds is 4. The fourth-order valence-electron chi connectivity index (χ4n) is 1.92. The summed E-state index contributed by atoms with van der Waals surface area (Å²) < 4.78 is 15.3. The van der Waals surface area contributed by atoms with Crippen molar-refractivity contribution in [2.75, 3.05) is 26.4 Å². The molecule has 0 saturated heterocycles. The van der Waals surface area contributed by atoms with Crippen molar-refractivity contribution in [1.82, 2.24) is 14.5 Å². The first kappa shape index (κ1) is 13.1. The standard InChI is InChI=1S/C12H16ClFN4/c1-17(2)4-3-5-18-11-7-9(14)8(13)6-10(11)16-12(18)15/h6-7H,3-5H2,1-2H3,(H2,15,16). The molecule has 0 unspecified atom stereocenters. The van der Waals surface area contributed by atoms with E-state index in [1.165, 1.54) is 12.1 Å². The van der Waals surface area contributed by atoms with Crippen molar-refractivity contribution in [2.45, 2.75) is 13.0 Å². The van der Waals surface area contributed by atoms with Gasteiger partial charge in [-0.15, -0.1) is 0 Å². The Balaban J connectivity index is 2.31. The molecule has 0 bridgehead atoms. The van der Waals surface area contributed by atoms with E-state index in [0.717, 1.165) is 13.0 Å². The van der Waals surface area contributed by atoms with Gasteiger partial charge in [-0.2, -0.15) is 0 Å². The van der Waals surface area contributed by atoms with Gasteiger partial charge in [0, 0.05) is 12.6 Å². The summed E-state index contributed by atoms with van der Waals surface area (Å²) in [6.07, 6.45) is 0.924. The second-order valence-corrected chi connectivity index (χ2v) is 4.94. The Hall–Kier alpha value is -1.33. The molecular weight excluding hydrogens is 255 g/mol. The molecule has 0 aliphatic rings. The first-order valence-electron chi connectivity index (χ1n) is 5.74. The van der Waals surface area contributed by atoms with Crippen LogP contribution in [0.5, 0.6) is 0 Å². The lowest BCUT2D eigenvalue weighted by atomic mass is 10.3. The number of aromatic nitrogens is 2. The molecule has 0 aliphatic carbocycles. The third-order valence-corrected chi connectivity index (χ3v) is 3.10. The van der Waals surface area contributed by atoms with Crippen molar-refractivity contribution in [3.05, 3.63) is 23.0 Å². The highest BCUT2D eigenvalue weighted by molar-refractivity contribution is 6.31. The van der Waals surface area contributed by atoms with E-state index in [4.69, 9.17) is 17.3 Å². The summed E-state index contributed by atoms with van der Waals surface area (Å²) in [4.78, 5) is 6.28. The second kappa shape index (κ2) is 5.12. The number of nitrogens with two attached hydrogens (primary N) is 1. The van der Waals surface area contributed by atoms with Crippen LogP contribution in [0.15, 0.2) is 12.1 Å². The molecule has 0 fully saturated rings. The quantitative estimate of drug-likeness (QED) is 0.928. The molecule has 1 aromatic heterocycles. The first-order valence-corrected chi connectivity index (χ1v) is 6.12. The molecule has 2 aromatic rings. The summed E-state index contributed by atoms with van der Waals surface area (Å²) in [6.45, 7) is 1.65. The van der Waals surface area contributed by atoms with Gasteiger partial charge in [0.15, 0.2) is 0 Å². The maximum Gasteiger partial charge on any atom is 0.201 e. The molecule has 0 saturated carbocycles. The van der Waals surface area contributed by atoms with Crippen LogP contribution in [0.25, 0.3) is 11.0 Å². The third-order valence-electron chi connectivity index (χ3n) is 2.81. The average Bonchev–Trinajstić information content (AvgIpc) is 2.56. The van der Waals surface area contributed by atoms with Crippen LogP contribution in [0.1, 0.15) is 6.42 Å². The van der Waals surface area contributed by atoms with Crippen LogP contribution in [0.4, 0.5) is 10.3 Å². The number of anilines is 1. The van der Waals surface area contributed by atoms with E-state index in [2.05, 4.69) is 9.88 Å². The molecule has 0 aliphatic heterocycles. The van der Waals surface area contributed by atoms with Crippen molar-refractivity contribution in [3.8, 4) is 0 Å². The predicted molar refractivity (Wildman–Crippen MR) is 72.3 cm³/mol. The predicted octanol–water partition coefficient (Wildman–Crippen LogP) is 2.36. The molecule has 0 spiro atoms. The number of benzene rings is 1. The molecule has 0 atom stereocenters. The highest BCUT2D eigenvalue weighted by Crippen LogP contribution is 2.24. The van der Waals surface area contributed by atoms with E-state index in [0.29, 0.717) is 23.5 Å². The zero-order valence-corrected chi connectivity index (χ0v) is 11.2. The van der Waals surface area contributed by atoms with Gasteiger partial charge >= 0.3 is 0 Å². The van der Waals surface area contributed by atoms with E-state index in [1.807, 2.05) is 18.7 Å². The molecule has 4 nitrogen and oxygen atoms in total. The number of aryl methyl sites for hydroxylation is 1. The fourth-order valence-corrected chi connectivity index (χ4v) is 2.08.